The maximum Gasteiger partial charge on any atom is 0.311 e. The van der Waals surface area contributed by atoms with Crippen LogP contribution in [0.3, 0.4) is 0 Å². The Balaban J connectivity index is 1.83. The molecule has 0 bridgehead atoms. The number of ether oxygens (including phenoxy) is 2. The molecule has 1 saturated heterocycles. The number of benzene rings is 1. The zero-order valence-corrected chi connectivity index (χ0v) is 13.9. The van der Waals surface area contributed by atoms with E-state index in [2.05, 4.69) is 5.32 Å². The van der Waals surface area contributed by atoms with Gasteiger partial charge < -0.3 is 19.9 Å². The van der Waals surface area contributed by atoms with Crippen LogP contribution in [0.4, 0.5) is 0 Å². The number of hydrogen-bond acceptors (Lipinski definition) is 5. The number of carbonyl (C=O) groups is 2. The van der Waals surface area contributed by atoms with E-state index >= 15 is 0 Å². The summed E-state index contributed by atoms with van der Waals surface area (Å²) in [5, 5.41) is 12.2. The summed E-state index contributed by atoms with van der Waals surface area (Å²) in [6.45, 7) is 0.977. The third-order valence-corrected chi connectivity index (χ3v) is 4.93. The quantitative estimate of drug-likeness (QED) is 0.737. The molecular weight excluding hydrogens is 318 g/mol. The molecule has 7 heteroatoms. The van der Waals surface area contributed by atoms with Gasteiger partial charge in [0.05, 0.1) is 18.3 Å². The van der Waals surface area contributed by atoms with Gasteiger partial charge in [-0.05, 0) is 31.0 Å². The second kappa shape index (κ2) is 8.21. The Kier molecular flexibility index (Phi) is 6.29. The highest BCUT2D eigenvalue weighted by molar-refractivity contribution is 8.00. The zero-order valence-electron chi connectivity index (χ0n) is 13.0. The fourth-order valence-corrected chi connectivity index (χ4v) is 3.16. The van der Waals surface area contributed by atoms with Crippen LogP contribution >= 0.6 is 11.8 Å². The predicted molar refractivity (Wildman–Crippen MR) is 86.8 cm³/mol. The summed E-state index contributed by atoms with van der Waals surface area (Å²) in [5.74, 6) is -0.0757. The van der Waals surface area contributed by atoms with Gasteiger partial charge in [0.2, 0.25) is 5.91 Å². The van der Waals surface area contributed by atoms with Gasteiger partial charge in [-0.1, -0.05) is 6.07 Å². The minimum Gasteiger partial charge on any atom is -0.497 e. The summed E-state index contributed by atoms with van der Waals surface area (Å²) in [6.07, 6.45) is 0.845. The highest BCUT2D eigenvalue weighted by atomic mass is 32.2. The number of thioether (sulfide) groups is 1. The van der Waals surface area contributed by atoms with Crippen molar-refractivity contribution in [3.05, 3.63) is 24.3 Å². The van der Waals surface area contributed by atoms with Crippen LogP contribution in [0.2, 0.25) is 0 Å². The molecule has 0 spiro atoms. The Labute approximate surface area is 139 Å². The number of carboxylic acid groups (broad SMARTS) is 1. The van der Waals surface area contributed by atoms with E-state index in [0.717, 1.165) is 10.6 Å². The molecule has 6 nitrogen and oxygen atoms in total. The lowest BCUT2D eigenvalue weighted by atomic mass is 9.80. The summed E-state index contributed by atoms with van der Waals surface area (Å²) < 4.78 is 10.4. The van der Waals surface area contributed by atoms with Gasteiger partial charge in [0.25, 0.3) is 0 Å². The lowest BCUT2D eigenvalue weighted by Crippen LogP contribution is -2.46. The number of carboxylic acids is 1. The van der Waals surface area contributed by atoms with E-state index in [0.29, 0.717) is 26.1 Å². The van der Waals surface area contributed by atoms with Gasteiger partial charge >= 0.3 is 5.97 Å². The Hall–Kier alpha value is -1.73. The predicted octanol–water partition coefficient (Wildman–Crippen LogP) is 1.78. The van der Waals surface area contributed by atoms with Crippen LogP contribution in [0.15, 0.2) is 29.2 Å². The molecular formula is C16H21NO5S. The van der Waals surface area contributed by atoms with E-state index < -0.39 is 11.4 Å². The molecule has 0 saturated carbocycles. The first-order chi connectivity index (χ1) is 11.1. The highest BCUT2D eigenvalue weighted by Gasteiger charge is 2.40. The molecule has 0 unspecified atom stereocenters. The van der Waals surface area contributed by atoms with Crippen LogP contribution < -0.4 is 10.1 Å². The largest absolute Gasteiger partial charge is 0.497 e. The van der Waals surface area contributed by atoms with Crippen LogP contribution in [0.25, 0.3) is 0 Å². The van der Waals surface area contributed by atoms with Crippen molar-refractivity contribution < 1.29 is 24.2 Å². The molecule has 0 radical (unpaired) electrons. The smallest absolute Gasteiger partial charge is 0.311 e. The Morgan fingerprint density at radius 1 is 1.39 bits per heavy atom. The summed E-state index contributed by atoms with van der Waals surface area (Å²) in [4.78, 5) is 24.4. The number of rotatable bonds is 7. The zero-order chi connectivity index (χ0) is 16.7. The van der Waals surface area contributed by atoms with E-state index in [1.165, 1.54) is 11.8 Å². The van der Waals surface area contributed by atoms with Crippen molar-refractivity contribution >= 4 is 23.6 Å². The number of carbonyl (C=O) groups excluding carboxylic acids is 1. The number of amides is 1. The van der Waals surface area contributed by atoms with Gasteiger partial charge in [-0.25, -0.2) is 0 Å². The Morgan fingerprint density at radius 2 is 2.13 bits per heavy atom. The van der Waals surface area contributed by atoms with E-state index in [4.69, 9.17) is 9.47 Å². The minimum absolute atomic E-state index is 0.142. The molecule has 0 aliphatic carbocycles. The second-order valence-corrected chi connectivity index (χ2v) is 6.49. The molecule has 1 amide bonds. The van der Waals surface area contributed by atoms with E-state index in [1.807, 2.05) is 24.3 Å². The molecule has 1 aromatic rings. The summed E-state index contributed by atoms with van der Waals surface area (Å²) in [5.41, 5.74) is -0.908. The first kappa shape index (κ1) is 17.6. The fourth-order valence-electron chi connectivity index (χ4n) is 2.39. The van der Waals surface area contributed by atoms with Crippen LogP contribution in [0.1, 0.15) is 12.8 Å². The van der Waals surface area contributed by atoms with Crippen LogP contribution in [-0.2, 0) is 14.3 Å². The van der Waals surface area contributed by atoms with Gasteiger partial charge in [-0.2, -0.15) is 0 Å². The summed E-state index contributed by atoms with van der Waals surface area (Å²) >= 11 is 1.39. The molecule has 2 N–H and O–H groups in total. The molecule has 1 aliphatic heterocycles. The van der Waals surface area contributed by atoms with Crippen molar-refractivity contribution in [2.24, 2.45) is 5.41 Å². The minimum atomic E-state index is -0.908. The van der Waals surface area contributed by atoms with Crippen LogP contribution in [0, 0.1) is 5.41 Å². The van der Waals surface area contributed by atoms with Crippen molar-refractivity contribution in [3.63, 3.8) is 0 Å². The molecule has 126 valence electrons. The lowest BCUT2D eigenvalue weighted by molar-refractivity contribution is -0.154. The average Bonchev–Trinajstić information content (AvgIpc) is 2.59. The van der Waals surface area contributed by atoms with Crippen LogP contribution in [-0.4, -0.2) is 49.6 Å². The number of hydrogen-bond donors (Lipinski definition) is 2. The second-order valence-electron chi connectivity index (χ2n) is 5.44. The number of aliphatic carboxylic acids is 1. The van der Waals surface area contributed by atoms with Gasteiger partial charge in [0, 0.05) is 24.7 Å². The lowest BCUT2D eigenvalue weighted by Gasteiger charge is -2.33. The molecule has 0 aromatic heterocycles. The summed E-state index contributed by atoms with van der Waals surface area (Å²) in [7, 11) is 1.59. The van der Waals surface area contributed by atoms with Crippen molar-refractivity contribution in [2.45, 2.75) is 17.7 Å². The van der Waals surface area contributed by atoms with Gasteiger partial charge in [0.15, 0.2) is 0 Å². The Bertz CT molecular complexity index is 557. The maximum atomic E-state index is 12.0. The van der Waals surface area contributed by atoms with E-state index in [1.54, 1.807) is 7.11 Å². The van der Waals surface area contributed by atoms with E-state index in [-0.39, 0.29) is 18.2 Å². The first-order valence-corrected chi connectivity index (χ1v) is 8.39. The van der Waals surface area contributed by atoms with Crippen molar-refractivity contribution in [3.8, 4) is 5.75 Å². The van der Waals surface area contributed by atoms with Crippen LogP contribution in [0.5, 0.6) is 5.75 Å². The molecule has 2 rings (SSSR count). The molecule has 1 aliphatic rings. The first-order valence-electron chi connectivity index (χ1n) is 7.40. The fraction of sp³-hybridized carbons (Fsp3) is 0.500. The third-order valence-electron chi connectivity index (χ3n) is 3.94. The van der Waals surface area contributed by atoms with Gasteiger partial charge in [0.1, 0.15) is 5.75 Å². The Morgan fingerprint density at radius 3 is 2.78 bits per heavy atom. The van der Waals surface area contributed by atoms with Gasteiger partial charge in [-0.3, -0.25) is 9.59 Å². The van der Waals surface area contributed by atoms with Gasteiger partial charge in [-0.15, -0.1) is 11.8 Å². The third kappa shape index (κ3) is 4.87. The normalized spacial score (nSPS) is 16.6. The molecule has 1 heterocycles. The number of nitrogens with one attached hydrogen (secondary N) is 1. The van der Waals surface area contributed by atoms with E-state index in [9.17, 15) is 14.7 Å². The topological polar surface area (TPSA) is 84.9 Å². The SMILES string of the molecule is COc1cccc(SCC(=O)NCC2(C(=O)O)CCOCC2)c1. The summed E-state index contributed by atoms with van der Waals surface area (Å²) in [6, 6.07) is 7.46. The number of methoxy groups -OCH3 is 1. The van der Waals surface area contributed by atoms with Crippen molar-refractivity contribution in [2.75, 3.05) is 32.6 Å². The monoisotopic (exact) mass is 339 g/mol. The maximum absolute atomic E-state index is 12.0. The van der Waals surface area contributed by atoms with Crippen molar-refractivity contribution in [1.82, 2.24) is 5.32 Å². The molecule has 23 heavy (non-hydrogen) atoms. The highest BCUT2D eigenvalue weighted by Crippen LogP contribution is 2.30. The molecule has 0 atom stereocenters. The standard InChI is InChI=1S/C16H21NO5S/c1-21-12-3-2-4-13(9-12)23-10-14(18)17-11-16(15(19)20)5-7-22-8-6-16/h2-4,9H,5-8,10-11H2,1H3,(H,17,18)(H,19,20). The molecule has 1 fully saturated rings. The average molecular weight is 339 g/mol. The van der Waals surface area contributed by atoms with Crippen molar-refractivity contribution in [1.29, 1.82) is 0 Å². The molecule has 1 aromatic carbocycles.